The van der Waals surface area contributed by atoms with Gasteiger partial charge in [-0.15, -0.1) is 11.8 Å². The summed E-state index contributed by atoms with van der Waals surface area (Å²) in [5.74, 6) is 0. The maximum Gasteiger partial charge on any atom is 0.0104 e. The van der Waals surface area contributed by atoms with Crippen molar-refractivity contribution in [3.63, 3.8) is 0 Å². The Labute approximate surface area is 128 Å². The van der Waals surface area contributed by atoms with Crippen LogP contribution in [0.25, 0.3) is 0 Å². The molecule has 0 nitrogen and oxygen atoms in total. The average molecular weight is 287 g/mol. The van der Waals surface area contributed by atoms with Gasteiger partial charge in [0.1, 0.15) is 0 Å². The molecule has 116 valence electrons. The summed E-state index contributed by atoms with van der Waals surface area (Å²) in [5, 5.41) is 0.677. The Morgan fingerprint density at radius 3 is 1.42 bits per heavy atom. The molecule has 0 bridgehead atoms. The third-order valence-corrected chi connectivity index (χ3v) is 2.64. The molecule has 0 atom stereocenters. The van der Waals surface area contributed by atoms with Gasteiger partial charge in [-0.25, -0.2) is 0 Å². The van der Waals surface area contributed by atoms with Gasteiger partial charge < -0.3 is 0 Å². The van der Waals surface area contributed by atoms with Crippen LogP contribution in [0.5, 0.6) is 0 Å². The summed E-state index contributed by atoms with van der Waals surface area (Å²) >= 11 is 1.93. The normalized spacial score (nSPS) is 7.37. The van der Waals surface area contributed by atoms with Gasteiger partial charge in [-0.3, -0.25) is 0 Å². The van der Waals surface area contributed by atoms with Crippen molar-refractivity contribution < 1.29 is 0 Å². The van der Waals surface area contributed by atoms with Crippen LogP contribution in [0.3, 0.4) is 0 Å². The van der Waals surface area contributed by atoms with E-state index in [1.807, 2.05) is 67.2 Å². The van der Waals surface area contributed by atoms with Gasteiger partial charge in [0.2, 0.25) is 0 Å². The number of aryl methyl sites for hydroxylation is 1. The van der Waals surface area contributed by atoms with Crippen molar-refractivity contribution in [3.05, 3.63) is 29.8 Å². The van der Waals surface area contributed by atoms with E-state index in [-0.39, 0.29) is 0 Å². The zero-order valence-electron chi connectivity index (χ0n) is 15.3. The molecule has 1 aromatic rings. The molecular weight excluding hydrogens is 248 g/mol. The van der Waals surface area contributed by atoms with E-state index in [4.69, 9.17) is 0 Å². The summed E-state index contributed by atoms with van der Waals surface area (Å²) in [6, 6.07) is 8.52. The topological polar surface area (TPSA) is 0 Å². The number of thioether (sulfide) groups is 1. The Morgan fingerprint density at radius 1 is 0.737 bits per heavy atom. The SMILES string of the molecule is CC.CC.CC.CC.Cc1ccccc1SC(C)C. The standard InChI is InChI=1S/C10H14S.4C2H6/c1-8(2)11-10-7-5-4-6-9(10)3;4*1-2/h4-8H,1-3H3;4*1-2H3. The molecular formula is C18H38S. The first-order valence-electron chi connectivity index (χ1n) is 7.92. The van der Waals surface area contributed by atoms with E-state index in [2.05, 4.69) is 45.0 Å². The second-order valence-corrected chi connectivity index (χ2v) is 4.55. The molecule has 0 fully saturated rings. The van der Waals surface area contributed by atoms with Crippen molar-refractivity contribution in [2.24, 2.45) is 0 Å². The molecule has 0 unspecified atom stereocenters. The minimum Gasteiger partial charge on any atom is -0.123 e. The first-order valence-corrected chi connectivity index (χ1v) is 8.80. The van der Waals surface area contributed by atoms with Crippen molar-refractivity contribution in [1.29, 1.82) is 0 Å². The van der Waals surface area contributed by atoms with Gasteiger partial charge in [0.25, 0.3) is 0 Å². The Morgan fingerprint density at radius 2 is 1.11 bits per heavy atom. The Bertz CT molecular complexity index is 229. The Kier molecular flexibility index (Phi) is 37.2. The minimum atomic E-state index is 0.677. The largest absolute Gasteiger partial charge is 0.123 e. The highest BCUT2D eigenvalue weighted by Gasteiger charge is 1.99. The van der Waals surface area contributed by atoms with E-state index in [1.165, 1.54) is 10.5 Å². The van der Waals surface area contributed by atoms with E-state index < -0.39 is 0 Å². The first-order chi connectivity index (χ1) is 9.20. The Balaban J connectivity index is -0.000000121. The third-order valence-electron chi connectivity index (χ3n) is 1.46. The van der Waals surface area contributed by atoms with Crippen LogP contribution in [0.1, 0.15) is 74.8 Å². The number of hydrogen-bond acceptors (Lipinski definition) is 1. The van der Waals surface area contributed by atoms with Crippen molar-refractivity contribution in [1.82, 2.24) is 0 Å². The monoisotopic (exact) mass is 286 g/mol. The average Bonchev–Trinajstić information content (AvgIpc) is 2.49. The van der Waals surface area contributed by atoms with Crippen LogP contribution in [-0.2, 0) is 0 Å². The highest BCUT2D eigenvalue weighted by atomic mass is 32.2. The molecule has 1 aromatic carbocycles. The Hall–Kier alpha value is -0.430. The summed E-state index contributed by atoms with van der Waals surface area (Å²) in [6.45, 7) is 22.6. The molecule has 0 aliphatic carbocycles. The van der Waals surface area contributed by atoms with Crippen molar-refractivity contribution >= 4 is 11.8 Å². The lowest BCUT2D eigenvalue weighted by atomic mass is 10.2. The van der Waals surface area contributed by atoms with E-state index in [0.717, 1.165) is 0 Å². The quantitative estimate of drug-likeness (QED) is 0.504. The lowest BCUT2D eigenvalue weighted by Gasteiger charge is -2.06. The van der Waals surface area contributed by atoms with Crippen LogP contribution in [-0.4, -0.2) is 5.25 Å². The van der Waals surface area contributed by atoms with Gasteiger partial charge in [-0.2, -0.15) is 0 Å². The summed E-state index contributed by atoms with van der Waals surface area (Å²) in [6.07, 6.45) is 0. The van der Waals surface area contributed by atoms with E-state index in [0.29, 0.717) is 5.25 Å². The number of hydrogen-bond donors (Lipinski definition) is 0. The van der Waals surface area contributed by atoms with Crippen LogP contribution in [0, 0.1) is 6.92 Å². The molecule has 0 saturated carbocycles. The molecule has 0 spiro atoms. The van der Waals surface area contributed by atoms with Gasteiger partial charge in [-0.05, 0) is 18.6 Å². The summed E-state index contributed by atoms with van der Waals surface area (Å²) < 4.78 is 0. The smallest absolute Gasteiger partial charge is 0.0104 e. The molecule has 0 aliphatic heterocycles. The first kappa shape index (κ1) is 27.0. The molecule has 0 saturated heterocycles. The van der Waals surface area contributed by atoms with E-state index >= 15 is 0 Å². The van der Waals surface area contributed by atoms with Gasteiger partial charge >= 0.3 is 0 Å². The van der Waals surface area contributed by atoms with Gasteiger partial charge in [0.15, 0.2) is 0 Å². The fourth-order valence-electron chi connectivity index (χ4n) is 0.943. The van der Waals surface area contributed by atoms with Gasteiger partial charge in [0.05, 0.1) is 0 Å². The van der Waals surface area contributed by atoms with E-state index in [9.17, 15) is 0 Å². The van der Waals surface area contributed by atoms with Crippen LogP contribution >= 0.6 is 11.8 Å². The molecule has 0 amide bonds. The van der Waals surface area contributed by atoms with Crippen LogP contribution in [0.2, 0.25) is 0 Å². The van der Waals surface area contributed by atoms with Crippen LogP contribution in [0.15, 0.2) is 29.2 Å². The number of rotatable bonds is 2. The molecule has 1 rings (SSSR count). The molecule has 0 heterocycles. The molecule has 1 heteroatoms. The fraction of sp³-hybridized carbons (Fsp3) is 0.667. The molecule has 19 heavy (non-hydrogen) atoms. The van der Waals surface area contributed by atoms with Crippen molar-refractivity contribution in [2.45, 2.75) is 86.3 Å². The maximum atomic E-state index is 2.22. The van der Waals surface area contributed by atoms with Gasteiger partial charge in [-0.1, -0.05) is 87.4 Å². The lowest BCUT2D eigenvalue weighted by Crippen LogP contribution is -1.87. The van der Waals surface area contributed by atoms with Crippen molar-refractivity contribution in [3.8, 4) is 0 Å². The van der Waals surface area contributed by atoms with Crippen LogP contribution in [0.4, 0.5) is 0 Å². The summed E-state index contributed by atoms with van der Waals surface area (Å²) in [7, 11) is 0. The third kappa shape index (κ3) is 20.1. The van der Waals surface area contributed by atoms with Crippen LogP contribution < -0.4 is 0 Å². The zero-order valence-corrected chi connectivity index (χ0v) is 16.1. The lowest BCUT2D eigenvalue weighted by molar-refractivity contribution is 1.10. The van der Waals surface area contributed by atoms with Gasteiger partial charge in [0, 0.05) is 10.1 Å². The summed E-state index contributed by atoms with van der Waals surface area (Å²) in [4.78, 5) is 1.41. The second kappa shape index (κ2) is 26.2. The zero-order chi connectivity index (χ0) is 16.3. The predicted octanol–water partition coefficient (Wildman–Crippen LogP) is 7.60. The highest BCUT2D eigenvalue weighted by molar-refractivity contribution is 8.00. The molecule has 0 aliphatic rings. The molecule has 0 N–H and O–H groups in total. The van der Waals surface area contributed by atoms with E-state index in [1.54, 1.807) is 0 Å². The molecule has 0 radical (unpaired) electrons. The summed E-state index contributed by atoms with van der Waals surface area (Å²) in [5.41, 5.74) is 1.38. The fourth-order valence-corrected chi connectivity index (χ4v) is 1.86. The predicted molar refractivity (Wildman–Crippen MR) is 97.6 cm³/mol. The number of benzene rings is 1. The second-order valence-electron chi connectivity index (χ2n) is 2.93. The maximum absolute atomic E-state index is 2.22. The minimum absolute atomic E-state index is 0.677. The highest BCUT2D eigenvalue weighted by Crippen LogP contribution is 2.25. The van der Waals surface area contributed by atoms with Crippen molar-refractivity contribution in [2.75, 3.05) is 0 Å². The molecule has 0 aromatic heterocycles.